The van der Waals surface area contributed by atoms with Gasteiger partial charge in [0, 0.05) is 50.5 Å². The molecule has 0 fully saturated rings. The molecule has 0 aliphatic rings. The summed E-state index contributed by atoms with van der Waals surface area (Å²) in [5, 5.41) is 33.5. The number of carbonyl (C=O) groups excluding carboxylic acids is 4. The second-order valence-corrected chi connectivity index (χ2v) is 5.59. The van der Waals surface area contributed by atoms with E-state index in [4.69, 9.17) is 20.4 Å². The third kappa shape index (κ3) is 76.9. The van der Waals surface area contributed by atoms with E-state index in [1.54, 1.807) is 0 Å². The van der Waals surface area contributed by atoms with Crippen LogP contribution in [0.5, 0.6) is 0 Å². The maximum absolute atomic E-state index is 10.0. The van der Waals surface area contributed by atoms with Crippen LogP contribution >= 0.6 is 0 Å². The molecular weight excluding hydrogens is 459 g/mol. The fourth-order valence-corrected chi connectivity index (χ4v) is 1.18. The van der Waals surface area contributed by atoms with Crippen LogP contribution in [0.25, 0.3) is 0 Å². The van der Waals surface area contributed by atoms with Crippen molar-refractivity contribution in [1.82, 2.24) is 0 Å². The first kappa shape index (κ1) is 37.5. The number of hydrogen-bond donors (Lipinski definition) is 4. The van der Waals surface area contributed by atoms with Gasteiger partial charge in [-0.05, 0) is 55.4 Å². The molecule has 0 bridgehead atoms. The maximum Gasteiger partial charge on any atom is 0.155 e. The number of allylic oxidation sites excluding steroid dienone is 8. The molecule has 9 heteroatoms. The zero-order valence-electron chi connectivity index (χ0n) is 18.2. The van der Waals surface area contributed by atoms with E-state index in [0.29, 0.717) is 0 Å². The zero-order chi connectivity index (χ0) is 23.4. The molecule has 164 valence electrons. The molecular formula is C20H32O8Zr. The first-order chi connectivity index (χ1) is 12.5. The zero-order valence-corrected chi connectivity index (χ0v) is 20.7. The SMILES string of the molecule is CC(=O)/C=C(\C)O.CC(=O)/C=C(\C)O.CC(=O)/C=C(\C)O.CC(=O)/C=C(\C)O.[Zr]. The van der Waals surface area contributed by atoms with Crippen LogP contribution in [0.1, 0.15) is 55.4 Å². The predicted molar refractivity (Wildman–Crippen MR) is 108 cm³/mol. The van der Waals surface area contributed by atoms with Crippen molar-refractivity contribution in [1.29, 1.82) is 0 Å². The van der Waals surface area contributed by atoms with E-state index in [2.05, 4.69) is 0 Å². The first-order valence-electron chi connectivity index (χ1n) is 8.02. The Bertz CT molecular complexity index is 513. The third-order valence-corrected chi connectivity index (χ3v) is 1.65. The van der Waals surface area contributed by atoms with E-state index in [1.807, 2.05) is 0 Å². The number of hydrogen-bond acceptors (Lipinski definition) is 8. The summed E-state index contributed by atoms with van der Waals surface area (Å²) in [6, 6.07) is 0. The minimum Gasteiger partial charge on any atom is -0.512 e. The average Bonchev–Trinajstić information content (AvgIpc) is 2.32. The molecule has 0 rings (SSSR count). The fourth-order valence-electron chi connectivity index (χ4n) is 1.18. The monoisotopic (exact) mass is 490 g/mol. The van der Waals surface area contributed by atoms with Gasteiger partial charge in [-0.1, -0.05) is 0 Å². The Morgan fingerprint density at radius 3 is 0.517 bits per heavy atom. The summed E-state index contributed by atoms with van der Waals surface area (Å²) in [7, 11) is 0. The largest absolute Gasteiger partial charge is 0.512 e. The second kappa shape index (κ2) is 23.8. The molecule has 0 heterocycles. The van der Waals surface area contributed by atoms with Crippen LogP contribution in [0.3, 0.4) is 0 Å². The molecule has 0 amide bonds. The van der Waals surface area contributed by atoms with Gasteiger partial charge >= 0.3 is 0 Å². The van der Waals surface area contributed by atoms with Gasteiger partial charge in [0.15, 0.2) is 23.1 Å². The van der Waals surface area contributed by atoms with Crippen LogP contribution in [-0.4, -0.2) is 43.6 Å². The van der Waals surface area contributed by atoms with Gasteiger partial charge in [0.1, 0.15) is 0 Å². The topological polar surface area (TPSA) is 149 Å². The summed E-state index contributed by atoms with van der Waals surface area (Å²) in [6.07, 6.45) is 4.67. The van der Waals surface area contributed by atoms with E-state index >= 15 is 0 Å². The van der Waals surface area contributed by atoms with E-state index < -0.39 is 0 Å². The summed E-state index contributed by atoms with van der Waals surface area (Å²) in [5.74, 6) is -0.250. The Labute approximate surface area is 191 Å². The molecule has 4 N–H and O–H groups in total. The minimum absolute atomic E-state index is 0. The van der Waals surface area contributed by atoms with Crippen molar-refractivity contribution in [3.05, 3.63) is 47.3 Å². The Morgan fingerprint density at radius 1 is 0.414 bits per heavy atom. The van der Waals surface area contributed by atoms with Gasteiger partial charge in [0.05, 0.1) is 23.0 Å². The van der Waals surface area contributed by atoms with Crippen molar-refractivity contribution in [2.45, 2.75) is 55.4 Å². The minimum atomic E-state index is -0.125. The molecule has 0 aromatic carbocycles. The second-order valence-electron chi connectivity index (χ2n) is 5.59. The van der Waals surface area contributed by atoms with E-state index in [0.717, 1.165) is 0 Å². The van der Waals surface area contributed by atoms with E-state index in [9.17, 15) is 19.2 Å². The van der Waals surface area contributed by atoms with Crippen molar-refractivity contribution in [3.8, 4) is 0 Å². The summed E-state index contributed by atoms with van der Waals surface area (Å²) in [6.45, 7) is 11.4. The average molecular weight is 492 g/mol. The molecule has 0 aromatic heterocycles. The number of aliphatic hydroxyl groups is 4. The van der Waals surface area contributed by atoms with Crippen LogP contribution in [0.2, 0.25) is 0 Å². The van der Waals surface area contributed by atoms with Crippen molar-refractivity contribution in [3.63, 3.8) is 0 Å². The molecule has 0 aliphatic heterocycles. The fraction of sp³-hybridized carbons (Fsp3) is 0.400. The van der Waals surface area contributed by atoms with Gasteiger partial charge < -0.3 is 20.4 Å². The van der Waals surface area contributed by atoms with E-state index in [-0.39, 0.29) is 72.4 Å². The van der Waals surface area contributed by atoms with Crippen LogP contribution in [0.15, 0.2) is 47.3 Å². The van der Waals surface area contributed by atoms with E-state index in [1.165, 1.54) is 79.7 Å². The van der Waals surface area contributed by atoms with Crippen molar-refractivity contribution < 1.29 is 65.8 Å². The smallest absolute Gasteiger partial charge is 0.155 e. The Morgan fingerprint density at radius 2 is 0.517 bits per heavy atom. The van der Waals surface area contributed by atoms with Gasteiger partial charge in [0.25, 0.3) is 0 Å². The van der Waals surface area contributed by atoms with Gasteiger partial charge in [-0.25, -0.2) is 0 Å². The maximum atomic E-state index is 10.0. The molecule has 0 spiro atoms. The summed E-state index contributed by atoms with van der Waals surface area (Å²) < 4.78 is 0. The van der Waals surface area contributed by atoms with Gasteiger partial charge in [-0.3, -0.25) is 19.2 Å². The molecule has 0 radical (unpaired) electrons. The number of carbonyl (C=O) groups is 4. The Hall–Kier alpha value is -2.28. The molecule has 8 nitrogen and oxygen atoms in total. The van der Waals surface area contributed by atoms with Gasteiger partial charge in [-0.2, -0.15) is 0 Å². The Balaban J connectivity index is -0.0000000873. The normalized spacial score (nSPS) is 11.0. The molecule has 0 unspecified atom stereocenters. The number of aliphatic hydroxyl groups excluding tert-OH is 4. The molecule has 0 saturated heterocycles. The first-order valence-corrected chi connectivity index (χ1v) is 8.02. The van der Waals surface area contributed by atoms with Crippen LogP contribution in [-0.2, 0) is 45.4 Å². The van der Waals surface area contributed by atoms with Crippen LogP contribution in [0, 0.1) is 0 Å². The summed E-state index contributed by atoms with van der Waals surface area (Å²) in [5.41, 5.74) is 0. The molecule has 0 atom stereocenters. The standard InChI is InChI=1S/4C5H8O2.Zr/c4*1-4(6)3-5(2)7;/h4*3,6H,1-2H3;/b4*4-3+;. The van der Waals surface area contributed by atoms with Crippen LogP contribution < -0.4 is 0 Å². The predicted octanol–water partition coefficient (Wildman–Crippen LogP) is 4.15. The molecule has 0 aromatic rings. The number of rotatable bonds is 4. The van der Waals surface area contributed by atoms with Crippen molar-refractivity contribution >= 4 is 23.1 Å². The summed E-state index contributed by atoms with van der Waals surface area (Å²) in [4.78, 5) is 40.1. The van der Waals surface area contributed by atoms with Gasteiger partial charge in [-0.15, -0.1) is 0 Å². The molecule has 29 heavy (non-hydrogen) atoms. The third-order valence-electron chi connectivity index (χ3n) is 1.65. The van der Waals surface area contributed by atoms with Crippen molar-refractivity contribution in [2.24, 2.45) is 0 Å². The molecule has 0 aliphatic carbocycles. The summed E-state index contributed by atoms with van der Waals surface area (Å²) >= 11 is 0. The Kier molecular flexibility index (Phi) is 30.7. The quantitative estimate of drug-likeness (QED) is 0.338. The van der Waals surface area contributed by atoms with Crippen molar-refractivity contribution in [2.75, 3.05) is 0 Å². The number of ketones is 4. The van der Waals surface area contributed by atoms with Gasteiger partial charge in [0.2, 0.25) is 0 Å². The molecule has 0 saturated carbocycles. The van der Waals surface area contributed by atoms with Crippen LogP contribution in [0.4, 0.5) is 0 Å².